The lowest BCUT2D eigenvalue weighted by Crippen LogP contribution is -2.49. The van der Waals surface area contributed by atoms with E-state index in [1.807, 2.05) is 19.1 Å². The molecule has 1 saturated heterocycles. The Morgan fingerprint density at radius 1 is 1.55 bits per heavy atom. The molecule has 2 heterocycles. The van der Waals surface area contributed by atoms with E-state index in [4.69, 9.17) is 4.74 Å². The van der Waals surface area contributed by atoms with Crippen molar-refractivity contribution >= 4 is 27.5 Å². The van der Waals surface area contributed by atoms with E-state index in [1.54, 1.807) is 17.4 Å². The van der Waals surface area contributed by atoms with Crippen LogP contribution in [0.3, 0.4) is 0 Å². The number of aliphatic hydroxyl groups is 1. The fourth-order valence-corrected chi connectivity index (χ4v) is 3.16. The molecule has 2 atom stereocenters. The number of carbonyl (C=O) groups excluding carboxylic acids is 1. The second-order valence-corrected chi connectivity index (χ2v) is 6.16. The van der Waals surface area contributed by atoms with Gasteiger partial charge in [0, 0.05) is 12.2 Å². The standard InChI is InChI=1S/C14H16N2O3S/c1-8-15-10-3-2-9(6-13(10)20-8)14(18)16-11-7-19-5-4-12(11)17/h2-3,6,11-12,17H,4-5,7H2,1H3,(H,16,18)/t11-,12-/m1/s1. The van der Waals surface area contributed by atoms with Gasteiger partial charge in [0.15, 0.2) is 0 Å². The zero-order chi connectivity index (χ0) is 14.1. The number of amides is 1. The normalized spacial score (nSPS) is 22.9. The summed E-state index contributed by atoms with van der Waals surface area (Å²) in [6.45, 7) is 2.84. The maximum absolute atomic E-state index is 12.2. The molecule has 3 rings (SSSR count). The van der Waals surface area contributed by atoms with Crippen molar-refractivity contribution in [2.24, 2.45) is 0 Å². The summed E-state index contributed by atoms with van der Waals surface area (Å²) in [5.41, 5.74) is 1.49. The first-order chi connectivity index (χ1) is 9.63. The number of ether oxygens (including phenoxy) is 1. The number of rotatable bonds is 2. The Labute approximate surface area is 120 Å². The van der Waals surface area contributed by atoms with Crippen LogP contribution in [0.15, 0.2) is 18.2 Å². The smallest absolute Gasteiger partial charge is 0.251 e. The van der Waals surface area contributed by atoms with Crippen LogP contribution in [-0.2, 0) is 4.74 Å². The highest BCUT2D eigenvalue weighted by molar-refractivity contribution is 7.18. The lowest BCUT2D eigenvalue weighted by atomic mass is 10.1. The lowest BCUT2D eigenvalue weighted by molar-refractivity contribution is -0.0140. The highest BCUT2D eigenvalue weighted by Crippen LogP contribution is 2.22. The Balaban J connectivity index is 1.77. The SMILES string of the molecule is Cc1nc2ccc(C(=O)N[C@@H]3COCC[C@H]3O)cc2s1. The van der Waals surface area contributed by atoms with Crippen molar-refractivity contribution in [2.45, 2.75) is 25.5 Å². The van der Waals surface area contributed by atoms with E-state index in [-0.39, 0.29) is 11.9 Å². The maximum Gasteiger partial charge on any atom is 0.251 e. The summed E-state index contributed by atoms with van der Waals surface area (Å²) in [6.07, 6.45) is 0.0139. The van der Waals surface area contributed by atoms with Gasteiger partial charge in [0.2, 0.25) is 0 Å². The topological polar surface area (TPSA) is 71.5 Å². The first-order valence-electron chi connectivity index (χ1n) is 6.57. The minimum absolute atomic E-state index is 0.187. The van der Waals surface area contributed by atoms with Crippen molar-refractivity contribution in [3.63, 3.8) is 0 Å². The van der Waals surface area contributed by atoms with Gasteiger partial charge in [-0.3, -0.25) is 4.79 Å². The van der Waals surface area contributed by atoms with Crippen LogP contribution in [0.1, 0.15) is 21.8 Å². The monoisotopic (exact) mass is 292 g/mol. The third-order valence-electron chi connectivity index (χ3n) is 3.39. The minimum Gasteiger partial charge on any atom is -0.391 e. The van der Waals surface area contributed by atoms with Crippen molar-refractivity contribution in [1.82, 2.24) is 10.3 Å². The molecule has 1 aliphatic rings. The Hall–Kier alpha value is -1.50. The molecule has 106 valence electrons. The Morgan fingerprint density at radius 3 is 3.20 bits per heavy atom. The molecule has 20 heavy (non-hydrogen) atoms. The van der Waals surface area contributed by atoms with Gasteiger partial charge < -0.3 is 15.2 Å². The van der Waals surface area contributed by atoms with E-state index in [1.165, 1.54) is 0 Å². The minimum atomic E-state index is -0.540. The zero-order valence-electron chi connectivity index (χ0n) is 11.1. The molecule has 0 saturated carbocycles. The number of aliphatic hydroxyl groups excluding tert-OH is 1. The van der Waals surface area contributed by atoms with Crippen molar-refractivity contribution in [1.29, 1.82) is 0 Å². The molecule has 0 bridgehead atoms. The van der Waals surface area contributed by atoms with Crippen LogP contribution in [0.5, 0.6) is 0 Å². The number of hydrogen-bond acceptors (Lipinski definition) is 5. The van der Waals surface area contributed by atoms with Crippen LogP contribution >= 0.6 is 11.3 Å². The van der Waals surface area contributed by atoms with Crippen LogP contribution in [-0.4, -0.2) is 41.4 Å². The Kier molecular flexibility index (Phi) is 3.69. The van der Waals surface area contributed by atoms with Gasteiger partial charge in [0.05, 0.1) is 34.0 Å². The fraction of sp³-hybridized carbons (Fsp3) is 0.429. The predicted octanol–water partition coefficient (Wildman–Crippen LogP) is 1.48. The van der Waals surface area contributed by atoms with Gasteiger partial charge in [-0.05, 0) is 31.5 Å². The number of nitrogens with zero attached hydrogens (tertiary/aromatic N) is 1. The largest absolute Gasteiger partial charge is 0.391 e. The summed E-state index contributed by atoms with van der Waals surface area (Å²) in [4.78, 5) is 16.6. The summed E-state index contributed by atoms with van der Waals surface area (Å²) in [6, 6.07) is 5.11. The van der Waals surface area contributed by atoms with Crippen LogP contribution < -0.4 is 5.32 Å². The number of nitrogens with one attached hydrogen (secondary N) is 1. The van der Waals surface area contributed by atoms with E-state index in [9.17, 15) is 9.90 Å². The molecule has 1 aromatic carbocycles. The van der Waals surface area contributed by atoms with Crippen LogP contribution in [0.2, 0.25) is 0 Å². The number of aromatic nitrogens is 1. The molecular weight excluding hydrogens is 276 g/mol. The molecule has 2 N–H and O–H groups in total. The van der Waals surface area contributed by atoms with Gasteiger partial charge in [-0.1, -0.05) is 0 Å². The molecule has 6 heteroatoms. The van der Waals surface area contributed by atoms with E-state index < -0.39 is 6.10 Å². The summed E-state index contributed by atoms with van der Waals surface area (Å²) < 4.78 is 6.28. The van der Waals surface area contributed by atoms with Gasteiger partial charge in [0.1, 0.15) is 0 Å². The fourth-order valence-electron chi connectivity index (χ4n) is 2.30. The first kappa shape index (κ1) is 13.5. The highest BCUT2D eigenvalue weighted by Gasteiger charge is 2.25. The van der Waals surface area contributed by atoms with Gasteiger partial charge >= 0.3 is 0 Å². The molecule has 0 spiro atoms. The second kappa shape index (κ2) is 5.47. The molecule has 0 unspecified atom stereocenters. The Bertz CT molecular complexity index is 640. The van der Waals surface area contributed by atoms with E-state index in [0.717, 1.165) is 15.2 Å². The summed E-state index contributed by atoms with van der Waals surface area (Å²) in [7, 11) is 0. The van der Waals surface area contributed by atoms with E-state index in [0.29, 0.717) is 25.2 Å². The molecule has 1 aromatic heterocycles. The number of fused-ring (bicyclic) bond motifs is 1. The van der Waals surface area contributed by atoms with E-state index in [2.05, 4.69) is 10.3 Å². The summed E-state index contributed by atoms with van der Waals surface area (Å²) >= 11 is 1.57. The average Bonchev–Trinajstić information content (AvgIpc) is 2.80. The van der Waals surface area contributed by atoms with Crippen molar-refractivity contribution in [3.8, 4) is 0 Å². The van der Waals surface area contributed by atoms with Crippen molar-refractivity contribution in [3.05, 3.63) is 28.8 Å². The van der Waals surface area contributed by atoms with E-state index >= 15 is 0 Å². The molecule has 1 fully saturated rings. The third kappa shape index (κ3) is 2.67. The van der Waals surface area contributed by atoms with Gasteiger partial charge in [-0.25, -0.2) is 4.98 Å². The summed E-state index contributed by atoms with van der Waals surface area (Å²) in [5.74, 6) is -0.187. The zero-order valence-corrected chi connectivity index (χ0v) is 11.9. The number of aryl methyl sites for hydroxylation is 1. The predicted molar refractivity (Wildman–Crippen MR) is 77.1 cm³/mol. The molecule has 1 aliphatic heterocycles. The Morgan fingerprint density at radius 2 is 2.40 bits per heavy atom. The molecular formula is C14H16N2O3S. The molecule has 0 radical (unpaired) electrons. The van der Waals surface area contributed by atoms with Crippen molar-refractivity contribution < 1.29 is 14.6 Å². The lowest BCUT2D eigenvalue weighted by Gasteiger charge is -2.28. The summed E-state index contributed by atoms with van der Waals surface area (Å²) in [5, 5.41) is 13.6. The molecule has 2 aromatic rings. The number of benzene rings is 1. The number of carbonyl (C=O) groups is 1. The van der Waals surface area contributed by atoms with Crippen LogP contribution in [0.4, 0.5) is 0 Å². The third-order valence-corrected chi connectivity index (χ3v) is 4.33. The highest BCUT2D eigenvalue weighted by atomic mass is 32.1. The maximum atomic E-state index is 12.2. The second-order valence-electron chi connectivity index (χ2n) is 4.93. The van der Waals surface area contributed by atoms with Gasteiger partial charge in [-0.2, -0.15) is 0 Å². The quantitative estimate of drug-likeness (QED) is 0.879. The van der Waals surface area contributed by atoms with Crippen LogP contribution in [0, 0.1) is 6.92 Å². The van der Waals surface area contributed by atoms with Gasteiger partial charge in [-0.15, -0.1) is 11.3 Å². The molecule has 0 aliphatic carbocycles. The number of thiazole rings is 1. The molecule has 5 nitrogen and oxygen atoms in total. The molecule has 1 amide bonds. The average molecular weight is 292 g/mol. The first-order valence-corrected chi connectivity index (χ1v) is 7.39. The number of hydrogen-bond donors (Lipinski definition) is 2. The van der Waals surface area contributed by atoms with Gasteiger partial charge in [0.25, 0.3) is 5.91 Å². The van der Waals surface area contributed by atoms with Crippen molar-refractivity contribution in [2.75, 3.05) is 13.2 Å². The van der Waals surface area contributed by atoms with Crippen LogP contribution in [0.25, 0.3) is 10.2 Å².